The van der Waals surface area contributed by atoms with Crippen LogP contribution >= 0.6 is 0 Å². The highest BCUT2D eigenvalue weighted by atomic mass is 16.6. The minimum atomic E-state index is -2.89. The molecule has 1 fully saturated rings. The Hall–Kier alpha value is -0.930. The Kier molecular flexibility index (Phi) is 7.60. The van der Waals surface area contributed by atoms with Crippen LogP contribution in [0.2, 0.25) is 0 Å². The number of aliphatic hydroxyl groups excluding tert-OH is 3. The number of aliphatic hydroxyl groups is 8. The third-order valence-electron chi connectivity index (χ3n) is 8.16. The Morgan fingerprint density at radius 3 is 1.82 bits per heavy atom. The summed E-state index contributed by atoms with van der Waals surface area (Å²) in [7, 11) is 0. The molecule has 196 valence electrons. The van der Waals surface area contributed by atoms with Crippen molar-refractivity contribution in [2.24, 2.45) is 0 Å². The summed E-state index contributed by atoms with van der Waals surface area (Å²) >= 11 is 0. The van der Waals surface area contributed by atoms with Gasteiger partial charge in [0.25, 0.3) is 0 Å². The molecule has 0 amide bonds. The number of ether oxygens (including phenoxy) is 2. The molecular weight excluding hydrogens is 444 g/mol. The average molecular weight is 485 g/mol. The van der Waals surface area contributed by atoms with Crippen LogP contribution in [0, 0.1) is 0 Å². The van der Waals surface area contributed by atoms with Crippen LogP contribution in [0.4, 0.5) is 0 Å². The van der Waals surface area contributed by atoms with Crippen LogP contribution in [-0.2, 0) is 14.3 Å². The van der Waals surface area contributed by atoms with Crippen molar-refractivity contribution in [2.45, 2.75) is 106 Å². The molecule has 0 aliphatic carbocycles. The van der Waals surface area contributed by atoms with Crippen molar-refractivity contribution >= 4 is 5.97 Å². The van der Waals surface area contributed by atoms with Gasteiger partial charge < -0.3 is 55.4 Å². The number of aliphatic carboxylic acids is 1. The molecule has 33 heavy (non-hydrogen) atoms. The van der Waals surface area contributed by atoms with Crippen molar-refractivity contribution in [1.29, 1.82) is 0 Å². The third kappa shape index (κ3) is 3.99. The average Bonchev–Trinajstić information content (AvgIpc) is 2.69. The lowest BCUT2D eigenvalue weighted by molar-refractivity contribution is -0.389. The van der Waals surface area contributed by atoms with Crippen molar-refractivity contribution in [3.63, 3.8) is 0 Å². The second kappa shape index (κ2) is 8.33. The van der Waals surface area contributed by atoms with Crippen molar-refractivity contribution in [3.8, 4) is 0 Å². The zero-order chi connectivity index (χ0) is 26.7. The first-order valence-electron chi connectivity index (χ1n) is 10.5. The monoisotopic (exact) mass is 484 g/mol. The summed E-state index contributed by atoms with van der Waals surface area (Å²) in [5, 5.41) is 94.4. The highest BCUT2D eigenvalue weighted by Crippen LogP contribution is 2.50. The van der Waals surface area contributed by atoms with Gasteiger partial charge in [0.2, 0.25) is 0 Å². The van der Waals surface area contributed by atoms with Crippen LogP contribution in [0.15, 0.2) is 0 Å². The minimum absolute atomic E-state index is 0.767. The number of carboxylic acids is 1. The van der Waals surface area contributed by atoms with Crippen LogP contribution in [0.1, 0.15) is 55.4 Å². The predicted octanol–water partition coefficient (Wildman–Crippen LogP) is -2.51. The predicted molar refractivity (Wildman–Crippen MR) is 113 cm³/mol. The lowest BCUT2D eigenvalue weighted by Gasteiger charge is -2.62. The Balaban J connectivity index is 3.64. The maximum atomic E-state index is 11.7. The van der Waals surface area contributed by atoms with Crippen LogP contribution in [0.5, 0.6) is 0 Å². The van der Waals surface area contributed by atoms with E-state index in [-0.39, 0.29) is 0 Å². The topological polar surface area (TPSA) is 218 Å². The molecule has 9 unspecified atom stereocenters. The molecule has 0 saturated carbocycles. The molecule has 1 saturated heterocycles. The molecule has 0 spiro atoms. The summed E-state index contributed by atoms with van der Waals surface area (Å²) in [5.41, 5.74) is -18.7. The minimum Gasteiger partial charge on any atom is -0.479 e. The van der Waals surface area contributed by atoms with Crippen molar-refractivity contribution in [1.82, 2.24) is 0 Å². The van der Waals surface area contributed by atoms with E-state index < -0.39 is 76.7 Å². The first kappa shape index (κ1) is 30.1. The Labute approximate surface area is 193 Å². The van der Waals surface area contributed by atoms with Crippen molar-refractivity contribution in [2.75, 3.05) is 19.8 Å². The third-order valence-corrected chi connectivity index (χ3v) is 8.16. The molecule has 0 radical (unpaired) electrons. The molecule has 1 aliphatic rings. The second-order valence-corrected chi connectivity index (χ2v) is 10.6. The lowest BCUT2D eigenvalue weighted by Crippen LogP contribution is -2.81. The first-order valence-corrected chi connectivity index (χ1v) is 10.5. The molecule has 1 aliphatic heterocycles. The fourth-order valence-corrected chi connectivity index (χ4v) is 4.28. The van der Waals surface area contributed by atoms with Gasteiger partial charge in [0, 0.05) is 0 Å². The van der Waals surface area contributed by atoms with E-state index in [1.807, 2.05) is 0 Å². The quantitative estimate of drug-likeness (QED) is 0.166. The summed E-state index contributed by atoms with van der Waals surface area (Å²) in [4.78, 5) is 11.7. The number of carboxylic acid groups (broad SMARTS) is 1. The van der Waals surface area contributed by atoms with E-state index >= 15 is 0 Å². The summed E-state index contributed by atoms with van der Waals surface area (Å²) in [6.07, 6.45) is -1.75. The van der Waals surface area contributed by atoms with Gasteiger partial charge in [0.15, 0.2) is 5.60 Å². The Bertz CT molecular complexity index is 746. The van der Waals surface area contributed by atoms with Crippen LogP contribution < -0.4 is 0 Å². The first-order chi connectivity index (χ1) is 14.4. The highest BCUT2D eigenvalue weighted by Gasteiger charge is 2.71. The van der Waals surface area contributed by atoms with Crippen LogP contribution in [0.3, 0.4) is 0 Å². The molecule has 12 nitrogen and oxygen atoms in total. The van der Waals surface area contributed by atoms with Gasteiger partial charge in [-0.1, -0.05) is 0 Å². The zero-order valence-corrected chi connectivity index (χ0v) is 20.4. The number of carbonyl (C=O) groups is 1. The maximum Gasteiger partial charge on any atom is 0.338 e. The van der Waals surface area contributed by atoms with Gasteiger partial charge in [-0.05, 0) is 55.4 Å². The normalized spacial score (nSPS) is 42.5. The summed E-state index contributed by atoms with van der Waals surface area (Å²) in [5.74, 6) is -1.85. The molecule has 12 heteroatoms. The molecule has 0 aromatic heterocycles. The fourth-order valence-electron chi connectivity index (χ4n) is 4.28. The molecule has 0 aromatic rings. The van der Waals surface area contributed by atoms with Gasteiger partial charge in [0.05, 0.1) is 19.8 Å². The van der Waals surface area contributed by atoms with E-state index in [9.17, 15) is 50.8 Å². The molecule has 0 aromatic carbocycles. The fraction of sp³-hybridized carbons (Fsp3) is 0.952. The zero-order valence-electron chi connectivity index (χ0n) is 20.4. The van der Waals surface area contributed by atoms with Gasteiger partial charge in [-0.15, -0.1) is 0 Å². The molecule has 1 heterocycles. The van der Waals surface area contributed by atoms with Crippen molar-refractivity contribution in [3.05, 3.63) is 0 Å². The standard InChI is InChI=1S/C21H40O12/c1-14(9-22)12(24)17(4,28)19(6,30)16(3,33-14)11-32-21(8,15(2,27)10-23)20(7,31)18(5,29)13(25)26/h12,22-24,27-31H,9-11H2,1-8H3,(H,25,26). The summed E-state index contributed by atoms with van der Waals surface area (Å²) in [6.45, 7) is 6.03. The maximum absolute atomic E-state index is 11.7. The molecular formula is C21H40O12. The molecule has 9 N–H and O–H groups in total. The SMILES string of the molecule is CC1(CO)OC(C)(COC(C)(C(C)(O)CO)C(C)(O)C(C)(O)C(=O)O)C(C)(O)C(C)(O)C1O. The summed E-state index contributed by atoms with van der Waals surface area (Å²) < 4.78 is 11.6. The highest BCUT2D eigenvalue weighted by molar-refractivity contribution is 5.78. The van der Waals surface area contributed by atoms with E-state index in [1.54, 1.807) is 0 Å². The van der Waals surface area contributed by atoms with E-state index in [2.05, 4.69) is 0 Å². The lowest BCUT2D eigenvalue weighted by atomic mass is 9.64. The van der Waals surface area contributed by atoms with E-state index in [1.165, 1.54) is 13.8 Å². The smallest absolute Gasteiger partial charge is 0.338 e. The van der Waals surface area contributed by atoms with Crippen LogP contribution in [-0.4, -0.2) is 123 Å². The van der Waals surface area contributed by atoms with Gasteiger partial charge in [-0.2, -0.15) is 0 Å². The van der Waals surface area contributed by atoms with Gasteiger partial charge in [0.1, 0.15) is 45.3 Å². The molecule has 9 atom stereocenters. The number of rotatable bonds is 9. The molecule has 1 rings (SSSR count). The Morgan fingerprint density at radius 2 is 1.45 bits per heavy atom. The number of hydrogen-bond donors (Lipinski definition) is 9. The number of hydrogen-bond acceptors (Lipinski definition) is 11. The van der Waals surface area contributed by atoms with Crippen molar-refractivity contribution < 1.29 is 60.2 Å². The second-order valence-electron chi connectivity index (χ2n) is 10.6. The summed E-state index contributed by atoms with van der Waals surface area (Å²) in [6, 6.07) is 0. The van der Waals surface area contributed by atoms with Crippen LogP contribution in [0.25, 0.3) is 0 Å². The van der Waals surface area contributed by atoms with Gasteiger partial charge >= 0.3 is 5.97 Å². The van der Waals surface area contributed by atoms with E-state index in [0.29, 0.717) is 0 Å². The molecule has 0 bridgehead atoms. The largest absolute Gasteiger partial charge is 0.479 e. The van der Waals surface area contributed by atoms with E-state index in [0.717, 1.165) is 41.5 Å². The van der Waals surface area contributed by atoms with Gasteiger partial charge in [-0.25, -0.2) is 4.79 Å². The van der Waals surface area contributed by atoms with E-state index in [4.69, 9.17) is 9.47 Å². The Morgan fingerprint density at radius 1 is 1.00 bits per heavy atom. The van der Waals surface area contributed by atoms with Gasteiger partial charge in [-0.3, -0.25) is 0 Å².